The van der Waals surface area contributed by atoms with Gasteiger partial charge in [0, 0.05) is 6.54 Å². The van der Waals surface area contributed by atoms with E-state index >= 15 is 0 Å². The molecule has 0 spiro atoms. The maximum absolute atomic E-state index is 13.0. The number of rotatable bonds is 4. The van der Waals surface area contributed by atoms with Gasteiger partial charge in [-0.2, -0.15) is 22.0 Å². The van der Waals surface area contributed by atoms with Crippen LogP contribution in [0.25, 0.3) is 0 Å². The van der Waals surface area contributed by atoms with Gasteiger partial charge in [-0.05, 0) is 13.0 Å². The Kier molecular flexibility index (Phi) is 4.61. The second kappa shape index (κ2) is 5.41. The summed E-state index contributed by atoms with van der Waals surface area (Å²) in [6, 6.07) is 0. The summed E-state index contributed by atoms with van der Waals surface area (Å²) in [6.45, 7) is 0.186. The van der Waals surface area contributed by atoms with Crippen molar-refractivity contribution in [1.82, 2.24) is 5.32 Å². The van der Waals surface area contributed by atoms with Crippen LogP contribution in [0.2, 0.25) is 0 Å². The highest BCUT2D eigenvalue weighted by Crippen LogP contribution is 2.38. The first-order chi connectivity index (χ1) is 8.87. The molecule has 2 atom stereocenters. The number of carbonyl (C=O) groups is 1. The molecular formula is C8H9F5NO5S-. The van der Waals surface area contributed by atoms with Gasteiger partial charge in [-0.15, -0.1) is 0 Å². The Morgan fingerprint density at radius 2 is 1.85 bits per heavy atom. The topological polar surface area (TPSA) is 95.5 Å². The molecule has 0 bridgehead atoms. The van der Waals surface area contributed by atoms with Crippen molar-refractivity contribution < 1.29 is 44.5 Å². The summed E-state index contributed by atoms with van der Waals surface area (Å²) < 4.78 is 97.6. The van der Waals surface area contributed by atoms with Crippen molar-refractivity contribution in [3.8, 4) is 0 Å². The molecule has 20 heavy (non-hydrogen) atoms. The third-order valence-corrected chi connectivity index (χ3v) is 3.44. The highest BCUT2D eigenvalue weighted by molar-refractivity contribution is 7.86. The maximum atomic E-state index is 13.0. The Balaban J connectivity index is 3.00. The molecule has 1 fully saturated rings. The SMILES string of the molecule is O=C(OC(C(F)(F)F)C(F)(F)S(=O)(=O)[O-])C1CCNC1. The molecule has 0 aromatic heterocycles. The van der Waals surface area contributed by atoms with Crippen LogP contribution in [0.5, 0.6) is 0 Å². The Bertz CT molecular complexity index is 470. The van der Waals surface area contributed by atoms with Gasteiger partial charge in [0.25, 0.3) is 6.10 Å². The number of ether oxygens (including phenoxy) is 1. The normalized spacial score (nSPS) is 22.6. The molecule has 1 heterocycles. The van der Waals surface area contributed by atoms with Crippen LogP contribution in [0, 0.1) is 5.92 Å². The minimum absolute atomic E-state index is 0.0547. The third-order valence-electron chi connectivity index (χ3n) is 2.56. The van der Waals surface area contributed by atoms with E-state index in [0.29, 0.717) is 0 Å². The van der Waals surface area contributed by atoms with E-state index in [1.165, 1.54) is 0 Å². The molecule has 118 valence electrons. The predicted molar refractivity (Wildman–Crippen MR) is 51.6 cm³/mol. The molecular weight excluding hydrogens is 317 g/mol. The fraction of sp³-hybridized carbons (Fsp3) is 0.875. The Hall–Kier alpha value is -1.01. The van der Waals surface area contributed by atoms with Gasteiger partial charge in [-0.1, -0.05) is 0 Å². The summed E-state index contributed by atoms with van der Waals surface area (Å²) in [6.07, 6.45) is -10.2. The van der Waals surface area contributed by atoms with Crippen LogP contribution in [-0.2, 0) is 19.6 Å². The lowest BCUT2D eigenvalue weighted by Gasteiger charge is -2.30. The summed E-state index contributed by atoms with van der Waals surface area (Å²) >= 11 is 0. The zero-order chi connectivity index (χ0) is 15.8. The van der Waals surface area contributed by atoms with E-state index in [1.807, 2.05) is 0 Å². The van der Waals surface area contributed by atoms with E-state index < -0.39 is 39.5 Å². The van der Waals surface area contributed by atoms with E-state index in [0.717, 1.165) is 0 Å². The number of nitrogens with one attached hydrogen (secondary N) is 1. The van der Waals surface area contributed by atoms with Gasteiger partial charge in [-0.25, -0.2) is 8.42 Å². The van der Waals surface area contributed by atoms with Crippen molar-refractivity contribution in [2.24, 2.45) is 5.92 Å². The molecule has 1 aliphatic rings. The number of halogens is 5. The summed E-state index contributed by atoms with van der Waals surface area (Å²) in [5.41, 5.74) is 0. The fourth-order valence-corrected chi connectivity index (χ4v) is 1.97. The molecule has 12 heteroatoms. The standard InChI is InChI=1S/C8H10F5NO5S/c9-7(10,11)6(8(12,13)20(16,17)18)19-5(15)4-1-2-14-3-4/h4,6,14H,1-3H2,(H,16,17,18)/p-1. The zero-order valence-electron chi connectivity index (χ0n) is 9.62. The van der Waals surface area contributed by atoms with Crippen molar-refractivity contribution in [3.05, 3.63) is 0 Å². The summed E-state index contributed by atoms with van der Waals surface area (Å²) in [5.74, 6) is -2.74. The molecule has 6 nitrogen and oxygen atoms in total. The molecule has 1 N–H and O–H groups in total. The van der Waals surface area contributed by atoms with Gasteiger partial charge in [0.1, 0.15) is 0 Å². The fourth-order valence-electron chi connectivity index (χ4n) is 1.53. The van der Waals surface area contributed by atoms with Gasteiger partial charge in [0.15, 0.2) is 10.1 Å². The minimum atomic E-state index is -6.65. The second-order valence-corrected chi connectivity index (χ2v) is 5.52. The average Bonchev–Trinajstić information content (AvgIpc) is 2.75. The summed E-state index contributed by atoms with van der Waals surface area (Å²) in [7, 11) is -6.65. The molecule has 0 aromatic carbocycles. The van der Waals surface area contributed by atoms with Crippen LogP contribution in [0.3, 0.4) is 0 Å². The molecule has 0 saturated carbocycles. The molecule has 0 aliphatic carbocycles. The third kappa shape index (κ3) is 3.55. The number of carbonyl (C=O) groups excluding carboxylic acids is 1. The first kappa shape index (κ1) is 17.0. The zero-order valence-corrected chi connectivity index (χ0v) is 10.4. The lowest BCUT2D eigenvalue weighted by Crippen LogP contribution is -2.52. The van der Waals surface area contributed by atoms with Crippen LogP contribution in [0.4, 0.5) is 22.0 Å². The molecule has 0 radical (unpaired) electrons. The van der Waals surface area contributed by atoms with Crippen LogP contribution in [0.15, 0.2) is 0 Å². The summed E-state index contributed by atoms with van der Waals surface area (Å²) in [5, 5.41) is -3.21. The van der Waals surface area contributed by atoms with Gasteiger partial charge >= 0.3 is 17.4 Å². The van der Waals surface area contributed by atoms with Crippen LogP contribution < -0.4 is 5.32 Å². The van der Waals surface area contributed by atoms with E-state index in [1.54, 1.807) is 0 Å². The van der Waals surface area contributed by atoms with Crippen LogP contribution >= 0.6 is 0 Å². The quantitative estimate of drug-likeness (QED) is 0.451. The number of hydrogen-bond acceptors (Lipinski definition) is 6. The van der Waals surface area contributed by atoms with Crippen LogP contribution in [-0.4, -0.2) is 49.6 Å². The van der Waals surface area contributed by atoms with E-state index in [9.17, 15) is 39.7 Å². The predicted octanol–water partition coefficient (Wildman–Crippen LogP) is 0.208. The molecule has 2 unspecified atom stereocenters. The molecule has 1 saturated heterocycles. The second-order valence-electron chi connectivity index (χ2n) is 4.06. The Morgan fingerprint density at radius 1 is 1.30 bits per heavy atom. The van der Waals surface area contributed by atoms with E-state index in [-0.39, 0.29) is 19.5 Å². The first-order valence-corrected chi connectivity index (χ1v) is 6.59. The molecule has 0 aromatic rings. The maximum Gasteiger partial charge on any atom is 0.432 e. The van der Waals surface area contributed by atoms with Crippen molar-refractivity contribution in [3.63, 3.8) is 0 Å². The van der Waals surface area contributed by atoms with Gasteiger partial charge < -0.3 is 14.6 Å². The lowest BCUT2D eigenvalue weighted by molar-refractivity contribution is -0.260. The highest BCUT2D eigenvalue weighted by atomic mass is 32.2. The minimum Gasteiger partial charge on any atom is -0.743 e. The van der Waals surface area contributed by atoms with Crippen molar-refractivity contribution in [1.29, 1.82) is 0 Å². The number of esters is 1. The van der Waals surface area contributed by atoms with Gasteiger partial charge in [-0.3, -0.25) is 4.79 Å². The van der Waals surface area contributed by atoms with Crippen molar-refractivity contribution >= 4 is 16.1 Å². The molecule has 1 aliphatic heterocycles. The Labute approximate surface area is 110 Å². The van der Waals surface area contributed by atoms with Crippen molar-refractivity contribution in [2.45, 2.75) is 24.0 Å². The van der Waals surface area contributed by atoms with Gasteiger partial charge in [0.05, 0.1) is 5.92 Å². The lowest BCUT2D eigenvalue weighted by atomic mass is 10.1. The van der Waals surface area contributed by atoms with E-state index in [2.05, 4.69) is 10.1 Å². The Morgan fingerprint density at radius 3 is 2.20 bits per heavy atom. The van der Waals surface area contributed by atoms with Gasteiger partial charge in [0.2, 0.25) is 0 Å². The number of hydrogen-bond donors (Lipinski definition) is 1. The smallest absolute Gasteiger partial charge is 0.432 e. The monoisotopic (exact) mass is 326 g/mol. The highest BCUT2D eigenvalue weighted by Gasteiger charge is 2.63. The first-order valence-electron chi connectivity index (χ1n) is 5.18. The van der Waals surface area contributed by atoms with Crippen LogP contribution in [0.1, 0.15) is 6.42 Å². The number of alkyl halides is 5. The average molecular weight is 326 g/mol. The largest absolute Gasteiger partial charge is 0.743 e. The summed E-state index contributed by atoms with van der Waals surface area (Å²) in [4.78, 5) is 11.3. The van der Waals surface area contributed by atoms with E-state index in [4.69, 9.17) is 0 Å². The molecule has 1 rings (SSSR count). The van der Waals surface area contributed by atoms with Crippen molar-refractivity contribution in [2.75, 3.05) is 13.1 Å². The molecule has 0 amide bonds.